The summed E-state index contributed by atoms with van der Waals surface area (Å²) in [6.45, 7) is 82.4. The molecule has 0 unspecified atom stereocenters. The Bertz CT molecular complexity index is 5250. The van der Waals surface area contributed by atoms with Crippen molar-refractivity contribution >= 4 is 79.6 Å². The van der Waals surface area contributed by atoms with E-state index >= 15 is 0 Å². The van der Waals surface area contributed by atoms with Crippen molar-refractivity contribution in [3.8, 4) is 40.2 Å². The van der Waals surface area contributed by atoms with Crippen molar-refractivity contribution in [1.29, 1.82) is 0 Å². The number of aryl methyl sites for hydroxylation is 2. The van der Waals surface area contributed by atoms with Crippen LogP contribution >= 0.6 is 73.9 Å². The number of methoxy groups -OCH3 is 7. The molecule has 0 spiro atoms. The van der Waals surface area contributed by atoms with E-state index in [4.69, 9.17) is 97.7 Å². The molecule has 0 aliphatic carbocycles. The van der Waals surface area contributed by atoms with Gasteiger partial charge in [-0.05, 0) is 237 Å². The number of hydrogen-bond donors (Lipinski definition) is 0. The predicted octanol–water partition coefficient (Wildman–Crippen LogP) is 38.2. The summed E-state index contributed by atoms with van der Waals surface area (Å²) in [5.74, 6) is 5.67. The monoisotopic (exact) mass is 2000 g/mol. The molecule has 0 N–H and O–H groups in total. The Morgan fingerprint density at radius 2 is 0.600 bits per heavy atom. The van der Waals surface area contributed by atoms with E-state index in [9.17, 15) is 4.39 Å². The van der Waals surface area contributed by atoms with Gasteiger partial charge in [-0.3, -0.25) is 0 Å². The van der Waals surface area contributed by atoms with Gasteiger partial charge in [0.2, 0.25) is 0 Å². The van der Waals surface area contributed by atoms with Crippen molar-refractivity contribution in [3.63, 3.8) is 0 Å². The third kappa shape index (κ3) is 47.1. The van der Waals surface area contributed by atoms with Gasteiger partial charge in [0.05, 0.1) is 66.4 Å². The van der Waals surface area contributed by atoms with Crippen LogP contribution in [0.15, 0.2) is 235 Å². The Morgan fingerprint density at radius 3 is 0.963 bits per heavy atom. The van der Waals surface area contributed by atoms with Crippen molar-refractivity contribution in [1.82, 2.24) is 0 Å². The van der Waals surface area contributed by atoms with Crippen molar-refractivity contribution in [3.05, 3.63) is 350 Å². The summed E-state index contributed by atoms with van der Waals surface area (Å²) in [5, 5.41) is 3.38. The van der Waals surface area contributed by atoms with E-state index in [0.29, 0.717) is 26.3 Å². The summed E-state index contributed by atoms with van der Waals surface area (Å²) >= 11 is 32.7. The second-order valence-corrected chi connectivity index (χ2v) is 47.5. The summed E-state index contributed by atoms with van der Waals surface area (Å²) in [4.78, 5) is 3.34. The molecule has 0 bridgehead atoms. The van der Waals surface area contributed by atoms with Gasteiger partial charge in [-0.2, -0.15) is 0 Å². The van der Waals surface area contributed by atoms with E-state index in [1.54, 1.807) is 68.0 Å². The molecule has 11 rings (SSSR count). The van der Waals surface area contributed by atoms with Crippen molar-refractivity contribution in [2.75, 3.05) is 49.8 Å². The van der Waals surface area contributed by atoms with E-state index in [2.05, 4.69) is 327 Å². The maximum atomic E-state index is 13.3. The molecule has 0 heterocycles. The molecule has 11 aromatic carbocycles. The molecule has 740 valence electrons. The number of halogens is 7. The SMILES string of the molecule is CC(C)(C)c1ccc(Br)cc1.CC(C)(C)c1ccc(Cl)cc1F.CC(C)(C)c1cccc(Cl)c1.CC(C)(C)c1cccc(Cl)c1Cl.COc1cc(OC)cc(C(C)(C)C)c1.COc1ccc(C(C)(C)C)c(OC)c1.COc1ccc(C(C)(C)C)cc1OC.COc1cccc(C(C)(C)C)c1.Cc1cc(Cl)ccc1C(C)(C)C.Cc1ccc(C(C)(C)C)cc1.[C-]#[N+]c1ccc(C(C)(C)C)cc1. The van der Waals surface area contributed by atoms with Crippen molar-refractivity contribution in [2.24, 2.45) is 0 Å². The van der Waals surface area contributed by atoms with E-state index in [1.807, 2.05) is 142 Å². The number of nitrogens with zero attached hydrogens (tertiary/aromatic N) is 1. The minimum atomic E-state index is -0.227. The van der Waals surface area contributed by atoms with Crippen LogP contribution in [0.4, 0.5) is 10.1 Å². The first-order valence-electron chi connectivity index (χ1n) is 45.8. The summed E-state index contributed by atoms with van der Waals surface area (Å²) < 4.78 is 50.9. The molecule has 11 aromatic rings. The highest BCUT2D eigenvalue weighted by Gasteiger charge is 2.25. The molecule has 0 radical (unpaired) electrons. The van der Waals surface area contributed by atoms with Gasteiger partial charge in [0.25, 0.3) is 0 Å². The molecule has 135 heavy (non-hydrogen) atoms. The quantitative estimate of drug-likeness (QED) is 0.147. The molecule has 8 nitrogen and oxygen atoms in total. The molecule has 0 amide bonds. The highest BCUT2D eigenvalue weighted by Crippen LogP contribution is 2.39. The predicted molar refractivity (Wildman–Crippen MR) is 591 cm³/mol. The molecule has 15 heteroatoms. The lowest BCUT2D eigenvalue weighted by Gasteiger charge is -2.22. The summed E-state index contributed by atoms with van der Waals surface area (Å²) in [6.07, 6.45) is 0. The van der Waals surface area contributed by atoms with Crippen LogP contribution in [0.25, 0.3) is 4.85 Å². The Kier molecular flexibility index (Phi) is 50.9. The van der Waals surface area contributed by atoms with Gasteiger partial charge in [-0.15, -0.1) is 0 Å². The maximum Gasteiger partial charge on any atom is 0.187 e. The van der Waals surface area contributed by atoms with E-state index < -0.39 is 0 Å². The smallest absolute Gasteiger partial charge is 0.187 e. The van der Waals surface area contributed by atoms with Crippen LogP contribution in [0.2, 0.25) is 25.1 Å². The molecule has 0 aliphatic heterocycles. The lowest BCUT2D eigenvalue weighted by atomic mass is 9.84. The molecule has 0 saturated carbocycles. The molecule has 0 aliphatic rings. The second-order valence-electron chi connectivity index (χ2n) is 44.4. The molecule has 0 aromatic heterocycles. The van der Waals surface area contributed by atoms with Gasteiger partial charge in [0.15, 0.2) is 17.2 Å². The summed E-state index contributed by atoms with van der Waals surface area (Å²) in [7, 11) is 11.7. The summed E-state index contributed by atoms with van der Waals surface area (Å²) in [6, 6.07) is 75.8. The van der Waals surface area contributed by atoms with Gasteiger partial charge in [0, 0.05) is 31.7 Å². The highest BCUT2D eigenvalue weighted by atomic mass is 79.9. The van der Waals surface area contributed by atoms with Gasteiger partial charge >= 0.3 is 0 Å². The first-order valence-corrected chi connectivity index (χ1v) is 48.5. The average molecular weight is 2010 g/mol. The normalized spacial score (nSPS) is 11.4. The third-order valence-corrected chi connectivity index (χ3v) is 23.3. The molecule has 0 saturated heterocycles. The van der Waals surface area contributed by atoms with Gasteiger partial charge in [0.1, 0.15) is 34.6 Å². The zero-order chi connectivity index (χ0) is 104. The first-order chi connectivity index (χ1) is 61.8. The van der Waals surface area contributed by atoms with E-state index in [0.717, 1.165) is 60.3 Å². The molecular weight excluding hydrogens is 1840 g/mol. The third-order valence-electron chi connectivity index (χ3n) is 21.3. The van der Waals surface area contributed by atoms with Gasteiger partial charge in [-0.1, -0.05) is 429 Å². The Labute approximate surface area is 852 Å². The fourth-order valence-corrected chi connectivity index (χ4v) is 14.1. The number of hydrogen-bond acceptors (Lipinski definition) is 7. The van der Waals surface area contributed by atoms with Gasteiger partial charge in [-0.25, -0.2) is 9.24 Å². The zero-order valence-corrected chi connectivity index (χ0v) is 95.3. The lowest BCUT2D eigenvalue weighted by molar-refractivity contribution is 0.353. The number of benzene rings is 11. The standard InChI is InChI=1S/3C12H18O2.C11H15Cl.C11H13N.C11H16O.C11H16.C10H13Br.C10H12Cl2.C10H12ClF.C10H13Cl/c1-12(2,3)9-6-10(13-4)8-11(7-9)14-5;1-12(2,3)10-7-6-9(13-4)8-11(10)14-5;1-12(2,3)9-6-7-10(13-4)11(8-9)14-5;1-8-7-9(12)5-6-10(8)11(2,3)4;1-11(2,3)9-5-7-10(12-4)8-6-9;1-11(2,3)9-6-5-7-10(8-9)12-4;1-9-5-7-10(8-6-9)11(2,3)4;1-10(2,3)8-4-6-9(11)7-5-8;1-10(2,3)7-5-4-6-8(11)9(7)12;1-10(2,3)8-5-4-7(11)6-9(8)12;1-10(2,3)8-5-4-6-9(11)7-8/h3*6-8H,1-5H3;5-7H,1-4H3;5-8H,1-3H3;5-8H,1-4H3;5-8H,1-4H3;4-7H,1-3H3;2*4-6H,1-3H3;4-7H,1-3H3. The average Bonchev–Trinajstić information content (AvgIpc) is 0.825. The van der Waals surface area contributed by atoms with Crippen LogP contribution in [0.3, 0.4) is 0 Å². The van der Waals surface area contributed by atoms with E-state index in [-0.39, 0.29) is 65.4 Å². The number of rotatable bonds is 7. The molecule has 0 atom stereocenters. The topological polar surface area (TPSA) is 69.0 Å². The molecule has 0 fully saturated rings. The summed E-state index contributed by atoms with van der Waals surface area (Å²) in [5.41, 5.74) is 18.4. The second kappa shape index (κ2) is 55.2. The Morgan fingerprint density at radius 1 is 0.259 bits per heavy atom. The van der Waals surface area contributed by atoms with Crippen LogP contribution in [-0.2, 0) is 59.6 Å². The van der Waals surface area contributed by atoms with Crippen molar-refractivity contribution < 1.29 is 37.5 Å². The van der Waals surface area contributed by atoms with Crippen LogP contribution < -0.4 is 33.2 Å². The Balaban J connectivity index is 0.000000743. The van der Waals surface area contributed by atoms with Crippen molar-refractivity contribution in [2.45, 2.75) is 302 Å². The van der Waals surface area contributed by atoms with Crippen LogP contribution in [-0.4, -0.2) is 49.8 Å². The fourth-order valence-electron chi connectivity index (χ4n) is 12.7. The van der Waals surface area contributed by atoms with E-state index in [1.165, 1.54) is 67.3 Å². The Hall–Kier alpha value is -8.63. The lowest BCUT2D eigenvalue weighted by Crippen LogP contribution is -2.13. The van der Waals surface area contributed by atoms with Crippen LogP contribution in [0.5, 0.6) is 40.2 Å². The van der Waals surface area contributed by atoms with Gasteiger partial charge < -0.3 is 33.2 Å². The maximum absolute atomic E-state index is 13.3. The zero-order valence-electron chi connectivity index (χ0n) is 89.9. The number of ether oxygens (including phenoxy) is 7. The highest BCUT2D eigenvalue weighted by molar-refractivity contribution is 9.10. The minimum Gasteiger partial charge on any atom is -0.497 e. The van der Waals surface area contributed by atoms with Crippen LogP contribution in [0, 0.1) is 26.2 Å². The van der Waals surface area contributed by atoms with Crippen LogP contribution in [0.1, 0.15) is 301 Å². The minimum absolute atomic E-state index is 0.0575. The first kappa shape index (κ1) is 124. The fraction of sp³-hybridized carbons (Fsp3) is 0.442. The largest absolute Gasteiger partial charge is 0.497 e. The molecular formula is C120H164BrCl5FNO7.